The van der Waals surface area contributed by atoms with Crippen LogP contribution in [0.15, 0.2) is 23.6 Å². The van der Waals surface area contributed by atoms with Crippen LogP contribution in [0.1, 0.15) is 22.3 Å². The van der Waals surface area contributed by atoms with Crippen LogP contribution in [0, 0.1) is 12.7 Å². The van der Waals surface area contributed by atoms with E-state index in [4.69, 9.17) is 17.4 Å². The van der Waals surface area contributed by atoms with Crippen LogP contribution in [0.3, 0.4) is 0 Å². The first-order valence-electron chi connectivity index (χ1n) is 5.42. The van der Waals surface area contributed by atoms with Gasteiger partial charge >= 0.3 is 0 Å². The highest BCUT2D eigenvalue weighted by atomic mass is 35.5. The lowest BCUT2D eigenvalue weighted by Gasteiger charge is -2.14. The van der Waals surface area contributed by atoms with Crippen LogP contribution in [0.25, 0.3) is 0 Å². The molecule has 3 nitrogen and oxygen atoms in total. The Morgan fingerprint density at radius 2 is 2.33 bits per heavy atom. The van der Waals surface area contributed by atoms with E-state index < -0.39 is 0 Å². The van der Waals surface area contributed by atoms with Gasteiger partial charge in [-0.15, -0.1) is 11.3 Å². The number of hydrogen-bond acceptors (Lipinski definition) is 4. The van der Waals surface area contributed by atoms with Gasteiger partial charge in [-0.3, -0.25) is 11.3 Å². The number of hydrogen-bond donors (Lipinski definition) is 2. The molecule has 1 aromatic carbocycles. The van der Waals surface area contributed by atoms with E-state index in [-0.39, 0.29) is 11.9 Å². The third-order valence-corrected chi connectivity index (χ3v) is 3.66. The van der Waals surface area contributed by atoms with E-state index in [2.05, 4.69) is 10.4 Å². The van der Waals surface area contributed by atoms with Gasteiger partial charge < -0.3 is 0 Å². The molecule has 0 aliphatic carbocycles. The van der Waals surface area contributed by atoms with Crippen LogP contribution in [0.5, 0.6) is 0 Å². The number of nitrogens with zero attached hydrogens (tertiary/aromatic N) is 1. The number of rotatable bonds is 4. The Morgan fingerprint density at radius 1 is 1.56 bits per heavy atom. The van der Waals surface area contributed by atoms with Gasteiger partial charge in [-0.1, -0.05) is 17.7 Å². The van der Waals surface area contributed by atoms with Gasteiger partial charge in [0.2, 0.25) is 0 Å². The lowest BCUT2D eigenvalue weighted by atomic mass is 10.0. The lowest BCUT2D eigenvalue weighted by Crippen LogP contribution is -2.30. The minimum absolute atomic E-state index is 0.203. The van der Waals surface area contributed by atoms with E-state index in [1.165, 1.54) is 6.07 Å². The van der Waals surface area contributed by atoms with Gasteiger partial charge in [0.25, 0.3) is 0 Å². The highest BCUT2D eigenvalue weighted by Crippen LogP contribution is 2.22. The van der Waals surface area contributed by atoms with Crippen LogP contribution in [0.2, 0.25) is 5.02 Å². The molecule has 1 heterocycles. The predicted octanol–water partition coefficient (Wildman–Crippen LogP) is 2.99. The van der Waals surface area contributed by atoms with Crippen molar-refractivity contribution in [3.05, 3.63) is 50.7 Å². The van der Waals surface area contributed by atoms with Crippen molar-refractivity contribution < 1.29 is 4.39 Å². The fourth-order valence-corrected chi connectivity index (χ4v) is 2.52. The van der Waals surface area contributed by atoms with Crippen molar-refractivity contribution in [1.82, 2.24) is 10.4 Å². The van der Waals surface area contributed by atoms with Gasteiger partial charge in [-0.05, 0) is 31.0 Å². The highest BCUT2D eigenvalue weighted by molar-refractivity contribution is 7.09. The molecule has 3 N–H and O–H groups in total. The number of nitrogens with two attached hydrogens (primary N) is 1. The topological polar surface area (TPSA) is 50.9 Å². The minimum Gasteiger partial charge on any atom is -0.271 e. The molecule has 0 saturated carbocycles. The quantitative estimate of drug-likeness (QED) is 0.671. The summed E-state index contributed by atoms with van der Waals surface area (Å²) >= 11 is 7.26. The summed E-state index contributed by atoms with van der Waals surface area (Å²) in [7, 11) is 0. The first-order valence-corrected chi connectivity index (χ1v) is 6.68. The zero-order valence-corrected chi connectivity index (χ0v) is 11.4. The summed E-state index contributed by atoms with van der Waals surface area (Å²) in [5, 5.41) is 3.27. The first-order chi connectivity index (χ1) is 8.60. The monoisotopic (exact) mass is 285 g/mol. The zero-order chi connectivity index (χ0) is 13.1. The van der Waals surface area contributed by atoms with Crippen molar-refractivity contribution in [2.45, 2.75) is 19.4 Å². The van der Waals surface area contributed by atoms with Crippen LogP contribution in [-0.2, 0) is 6.42 Å². The molecule has 0 bridgehead atoms. The summed E-state index contributed by atoms with van der Waals surface area (Å²) in [4.78, 5) is 4.35. The molecule has 1 unspecified atom stereocenters. The molecule has 0 fully saturated rings. The number of nitrogens with one attached hydrogen (secondary N) is 1. The molecule has 0 aliphatic heterocycles. The Labute approximate surface area is 114 Å². The average molecular weight is 286 g/mol. The molecule has 18 heavy (non-hydrogen) atoms. The predicted molar refractivity (Wildman–Crippen MR) is 72.0 cm³/mol. The van der Waals surface area contributed by atoms with Gasteiger partial charge in [0, 0.05) is 10.4 Å². The van der Waals surface area contributed by atoms with Crippen molar-refractivity contribution in [3.63, 3.8) is 0 Å². The largest absolute Gasteiger partial charge is 0.271 e. The van der Waals surface area contributed by atoms with E-state index in [0.717, 1.165) is 10.7 Å². The Hall–Kier alpha value is -1.01. The minimum atomic E-state index is -0.324. The summed E-state index contributed by atoms with van der Waals surface area (Å²) in [5.74, 6) is 5.18. The van der Waals surface area contributed by atoms with Gasteiger partial charge in [0.1, 0.15) is 5.82 Å². The molecule has 2 rings (SSSR count). The Bertz CT molecular complexity index is 544. The highest BCUT2D eigenvalue weighted by Gasteiger charge is 2.15. The molecular formula is C12H13ClFN3S. The van der Waals surface area contributed by atoms with Gasteiger partial charge in [0.05, 0.1) is 16.7 Å². The molecule has 0 aliphatic rings. The second-order valence-corrected chi connectivity index (χ2v) is 5.45. The molecule has 0 spiro atoms. The standard InChI is InChI=1S/C12H13ClFN3S/c1-7-16-12(6-18-7)11(17-15)4-8-2-3-9(13)5-10(8)14/h2-3,5-6,11,17H,4,15H2,1H3. The van der Waals surface area contributed by atoms with Crippen molar-refractivity contribution in [2.24, 2.45) is 5.84 Å². The number of halogens is 2. The van der Waals surface area contributed by atoms with Crippen molar-refractivity contribution in [2.75, 3.05) is 0 Å². The summed E-state index contributed by atoms with van der Waals surface area (Å²) < 4.78 is 13.7. The lowest BCUT2D eigenvalue weighted by molar-refractivity contribution is 0.520. The maximum Gasteiger partial charge on any atom is 0.127 e. The Morgan fingerprint density at radius 3 is 2.89 bits per heavy atom. The maximum atomic E-state index is 13.7. The molecule has 1 atom stereocenters. The number of aromatic nitrogens is 1. The number of aryl methyl sites for hydroxylation is 1. The van der Waals surface area contributed by atoms with Crippen LogP contribution in [0.4, 0.5) is 4.39 Å². The molecule has 1 aromatic heterocycles. The van der Waals surface area contributed by atoms with E-state index in [1.807, 2.05) is 12.3 Å². The molecular weight excluding hydrogens is 273 g/mol. The summed E-state index contributed by atoms with van der Waals surface area (Å²) in [5.41, 5.74) is 4.06. The number of benzene rings is 1. The van der Waals surface area contributed by atoms with Crippen molar-refractivity contribution in [3.8, 4) is 0 Å². The normalized spacial score (nSPS) is 12.7. The van der Waals surface area contributed by atoms with E-state index in [1.54, 1.807) is 23.5 Å². The molecule has 6 heteroatoms. The Balaban J connectivity index is 2.20. The van der Waals surface area contributed by atoms with Crippen LogP contribution in [-0.4, -0.2) is 4.98 Å². The van der Waals surface area contributed by atoms with E-state index >= 15 is 0 Å². The fourth-order valence-electron chi connectivity index (χ4n) is 1.70. The second-order valence-electron chi connectivity index (χ2n) is 3.95. The van der Waals surface area contributed by atoms with Gasteiger partial charge in [0.15, 0.2) is 0 Å². The summed E-state index contributed by atoms with van der Waals surface area (Å²) in [6.45, 7) is 1.92. The number of thiazole rings is 1. The van der Waals surface area contributed by atoms with E-state index in [0.29, 0.717) is 17.0 Å². The smallest absolute Gasteiger partial charge is 0.127 e. The van der Waals surface area contributed by atoms with Crippen molar-refractivity contribution >= 4 is 22.9 Å². The molecule has 2 aromatic rings. The fraction of sp³-hybridized carbons (Fsp3) is 0.250. The maximum absolute atomic E-state index is 13.7. The summed E-state index contributed by atoms with van der Waals surface area (Å²) in [6, 6.07) is 4.43. The first kappa shape index (κ1) is 13.4. The zero-order valence-electron chi connectivity index (χ0n) is 9.78. The second kappa shape index (κ2) is 5.75. The van der Waals surface area contributed by atoms with E-state index in [9.17, 15) is 4.39 Å². The molecule has 0 radical (unpaired) electrons. The number of hydrazine groups is 1. The van der Waals surface area contributed by atoms with Crippen molar-refractivity contribution in [1.29, 1.82) is 0 Å². The van der Waals surface area contributed by atoms with Crippen LogP contribution >= 0.6 is 22.9 Å². The molecule has 0 amide bonds. The third-order valence-electron chi connectivity index (χ3n) is 2.63. The van der Waals surface area contributed by atoms with Gasteiger partial charge in [-0.2, -0.15) is 0 Å². The third kappa shape index (κ3) is 3.05. The van der Waals surface area contributed by atoms with Gasteiger partial charge in [-0.25, -0.2) is 9.37 Å². The molecule has 0 saturated heterocycles. The SMILES string of the molecule is Cc1nc(C(Cc2ccc(Cl)cc2F)NN)cs1. The average Bonchev–Trinajstić information content (AvgIpc) is 2.75. The summed E-state index contributed by atoms with van der Waals surface area (Å²) in [6.07, 6.45) is 0.433. The molecule has 96 valence electrons. The Kier molecular flexibility index (Phi) is 4.29. The van der Waals surface area contributed by atoms with Crippen LogP contribution < -0.4 is 11.3 Å².